The molecule has 5 rings (SSSR count). The molecule has 4 aliphatic rings. The fraction of sp³-hybridized carbons (Fsp3) is 0.682. The van der Waals surface area contributed by atoms with Crippen LogP contribution < -0.4 is 10.2 Å². The summed E-state index contributed by atoms with van der Waals surface area (Å²) in [6, 6.07) is 7.11. The number of carbonyl (C=O) groups excluding carboxylic acids is 1. The van der Waals surface area contributed by atoms with Gasteiger partial charge in [-0.05, 0) is 87.7 Å². The van der Waals surface area contributed by atoms with Crippen molar-refractivity contribution in [2.75, 3.05) is 11.4 Å². The Balaban J connectivity index is 1.51. The smallest absolute Gasteiger partial charge is 0.322 e. The first-order chi connectivity index (χ1) is 13.0. The van der Waals surface area contributed by atoms with Gasteiger partial charge in [0.1, 0.15) is 5.75 Å². The van der Waals surface area contributed by atoms with E-state index in [0.717, 1.165) is 43.8 Å². The number of hydrogen-bond acceptors (Lipinski definition) is 3. The van der Waals surface area contributed by atoms with Gasteiger partial charge in [-0.3, -0.25) is 4.90 Å². The summed E-state index contributed by atoms with van der Waals surface area (Å²) in [5.41, 5.74) is 0.991. The number of urea groups is 1. The van der Waals surface area contributed by atoms with Gasteiger partial charge in [-0.2, -0.15) is 0 Å². The average Bonchev–Trinajstić information content (AvgIpc) is 2.69. The van der Waals surface area contributed by atoms with Crippen LogP contribution in [0.1, 0.15) is 64.2 Å². The Hall–Kier alpha value is -1.75. The lowest BCUT2D eigenvalue weighted by Crippen LogP contribution is -2.51. The maximum Gasteiger partial charge on any atom is 0.322 e. The van der Waals surface area contributed by atoms with Gasteiger partial charge in [0.25, 0.3) is 0 Å². The Kier molecular flexibility index (Phi) is 5.31. The van der Waals surface area contributed by atoms with E-state index in [9.17, 15) is 15.0 Å². The second-order valence-electron chi connectivity index (χ2n) is 9.04. The van der Waals surface area contributed by atoms with Crippen molar-refractivity contribution in [3.63, 3.8) is 0 Å². The number of aromatic hydroxyl groups is 1. The Labute approximate surface area is 161 Å². The molecule has 5 heteroatoms. The number of phenolic OH excluding ortho intramolecular Hbond substituents is 1. The van der Waals surface area contributed by atoms with E-state index >= 15 is 0 Å². The van der Waals surface area contributed by atoms with Crippen molar-refractivity contribution in [1.82, 2.24) is 5.32 Å². The molecule has 0 aromatic heterocycles. The SMILES string of the molecule is O=C(NC1CCC(O)CC1)N(CC12CCC(CC1)CC2)c1cccc(O)c1. The third-order valence-electron chi connectivity index (χ3n) is 7.15. The highest BCUT2D eigenvalue weighted by Gasteiger charge is 2.42. The van der Waals surface area contributed by atoms with Crippen LogP contribution in [0.3, 0.4) is 0 Å². The lowest BCUT2D eigenvalue weighted by Gasteiger charge is -2.48. The van der Waals surface area contributed by atoms with E-state index in [4.69, 9.17) is 0 Å². The van der Waals surface area contributed by atoms with E-state index in [1.807, 2.05) is 11.0 Å². The highest BCUT2D eigenvalue weighted by Crippen LogP contribution is 2.51. The molecular formula is C22H32N2O3. The number of fused-ring (bicyclic) bond motifs is 3. The van der Waals surface area contributed by atoms with E-state index in [1.165, 1.54) is 38.5 Å². The minimum Gasteiger partial charge on any atom is -0.508 e. The third-order valence-corrected chi connectivity index (χ3v) is 7.15. The Morgan fingerprint density at radius 3 is 2.37 bits per heavy atom. The topological polar surface area (TPSA) is 72.8 Å². The number of anilines is 1. The second-order valence-corrected chi connectivity index (χ2v) is 9.04. The average molecular weight is 373 g/mol. The van der Waals surface area contributed by atoms with Crippen LogP contribution in [0.15, 0.2) is 24.3 Å². The summed E-state index contributed by atoms with van der Waals surface area (Å²) in [5.74, 6) is 1.08. The number of phenols is 1. The molecule has 4 saturated carbocycles. The lowest BCUT2D eigenvalue weighted by molar-refractivity contribution is 0.0720. The maximum absolute atomic E-state index is 13.2. The van der Waals surface area contributed by atoms with Crippen LogP contribution >= 0.6 is 0 Å². The van der Waals surface area contributed by atoms with Gasteiger partial charge in [-0.1, -0.05) is 6.07 Å². The first kappa shape index (κ1) is 18.6. The van der Waals surface area contributed by atoms with Crippen molar-refractivity contribution in [1.29, 1.82) is 0 Å². The molecule has 2 amide bonds. The van der Waals surface area contributed by atoms with Crippen LogP contribution in [0.25, 0.3) is 0 Å². The van der Waals surface area contributed by atoms with Crippen LogP contribution in [-0.2, 0) is 0 Å². The molecule has 1 aromatic carbocycles. The van der Waals surface area contributed by atoms with Crippen LogP contribution in [0.4, 0.5) is 10.5 Å². The molecule has 5 nitrogen and oxygen atoms in total. The molecular weight excluding hydrogens is 340 g/mol. The van der Waals surface area contributed by atoms with E-state index in [1.54, 1.807) is 18.2 Å². The molecule has 4 fully saturated rings. The number of amides is 2. The molecule has 3 N–H and O–H groups in total. The molecule has 0 radical (unpaired) electrons. The highest BCUT2D eigenvalue weighted by atomic mass is 16.3. The minimum atomic E-state index is -0.225. The van der Waals surface area contributed by atoms with Gasteiger partial charge in [0, 0.05) is 24.3 Å². The summed E-state index contributed by atoms with van der Waals surface area (Å²) in [5, 5.41) is 22.9. The van der Waals surface area contributed by atoms with Crippen molar-refractivity contribution in [3.05, 3.63) is 24.3 Å². The largest absolute Gasteiger partial charge is 0.508 e. The zero-order valence-corrected chi connectivity index (χ0v) is 16.1. The number of rotatable bonds is 4. The molecule has 4 aliphatic carbocycles. The van der Waals surface area contributed by atoms with E-state index in [2.05, 4.69) is 5.32 Å². The molecule has 0 atom stereocenters. The lowest BCUT2D eigenvalue weighted by atomic mass is 9.60. The molecule has 148 valence electrons. The van der Waals surface area contributed by atoms with Crippen molar-refractivity contribution in [2.24, 2.45) is 11.3 Å². The summed E-state index contributed by atoms with van der Waals surface area (Å²) in [6.07, 6.45) is 10.4. The van der Waals surface area contributed by atoms with Crippen LogP contribution in [0.2, 0.25) is 0 Å². The van der Waals surface area contributed by atoms with Crippen molar-refractivity contribution < 1.29 is 15.0 Å². The summed E-state index contributed by atoms with van der Waals surface area (Å²) in [7, 11) is 0. The maximum atomic E-state index is 13.2. The number of aliphatic hydroxyl groups excluding tert-OH is 1. The number of hydrogen-bond donors (Lipinski definition) is 3. The molecule has 0 spiro atoms. The third kappa shape index (κ3) is 4.23. The zero-order valence-electron chi connectivity index (χ0n) is 16.1. The van der Waals surface area contributed by atoms with Gasteiger partial charge in [0.15, 0.2) is 0 Å². The van der Waals surface area contributed by atoms with Crippen molar-refractivity contribution in [2.45, 2.75) is 76.4 Å². The van der Waals surface area contributed by atoms with Crippen LogP contribution in [-0.4, -0.2) is 34.9 Å². The molecule has 0 saturated heterocycles. The number of nitrogens with one attached hydrogen (secondary N) is 1. The molecule has 2 bridgehead atoms. The highest BCUT2D eigenvalue weighted by molar-refractivity contribution is 5.92. The summed E-state index contributed by atoms with van der Waals surface area (Å²) in [4.78, 5) is 15.1. The van der Waals surface area contributed by atoms with Gasteiger partial charge < -0.3 is 15.5 Å². The summed E-state index contributed by atoms with van der Waals surface area (Å²) < 4.78 is 0. The number of nitrogens with zero attached hydrogens (tertiary/aromatic N) is 1. The second kappa shape index (κ2) is 7.70. The summed E-state index contributed by atoms with van der Waals surface area (Å²) >= 11 is 0. The first-order valence-electron chi connectivity index (χ1n) is 10.6. The Bertz CT molecular complexity index is 648. The van der Waals surface area contributed by atoms with Gasteiger partial charge in [-0.15, -0.1) is 0 Å². The van der Waals surface area contributed by atoms with Crippen LogP contribution in [0, 0.1) is 11.3 Å². The number of benzene rings is 1. The standard InChI is InChI=1S/C22H32N2O3/c25-19-6-4-17(5-7-19)23-21(27)24(18-2-1-3-20(26)14-18)15-22-11-8-16(9-12-22)10-13-22/h1-3,14,16-17,19,25-26H,4-13,15H2,(H,23,27). The predicted molar refractivity (Wildman–Crippen MR) is 106 cm³/mol. The van der Waals surface area contributed by atoms with Crippen molar-refractivity contribution in [3.8, 4) is 5.75 Å². The molecule has 0 unspecified atom stereocenters. The van der Waals surface area contributed by atoms with E-state index in [0.29, 0.717) is 0 Å². The van der Waals surface area contributed by atoms with Crippen molar-refractivity contribution >= 4 is 11.7 Å². The summed E-state index contributed by atoms with van der Waals surface area (Å²) in [6.45, 7) is 0.727. The van der Waals surface area contributed by atoms with Gasteiger partial charge in [0.05, 0.1) is 6.10 Å². The normalized spacial score (nSPS) is 32.9. The molecule has 0 heterocycles. The van der Waals surface area contributed by atoms with Gasteiger partial charge >= 0.3 is 6.03 Å². The Morgan fingerprint density at radius 2 is 1.74 bits per heavy atom. The number of aliphatic hydroxyl groups is 1. The fourth-order valence-corrected chi connectivity index (χ4v) is 5.33. The van der Waals surface area contributed by atoms with Gasteiger partial charge in [-0.25, -0.2) is 4.79 Å². The van der Waals surface area contributed by atoms with E-state index in [-0.39, 0.29) is 29.3 Å². The quantitative estimate of drug-likeness (QED) is 0.742. The van der Waals surface area contributed by atoms with Gasteiger partial charge in [0.2, 0.25) is 0 Å². The molecule has 0 aliphatic heterocycles. The zero-order chi connectivity index (χ0) is 18.9. The fourth-order valence-electron chi connectivity index (χ4n) is 5.33. The van der Waals surface area contributed by atoms with Crippen LogP contribution in [0.5, 0.6) is 5.75 Å². The molecule has 27 heavy (non-hydrogen) atoms. The monoisotopic (exact) mass is 372 g/mol. The predicted octanol–water partition coefficient (Wildman–Crippen LogP) is 4.18. The number of carbonyl (C=O) groups is 1. The first-order valence-corrected chi connectivity index (χ1v) is 10.6. The minimum absolute atomic E-state index is 0.0657. The molecule has 1 aromatic rings. The Morgan fingerprint density at radius 1 is 1.07 bits per heavy atom. The van der Waals surface area contributed by atoms with E-state index < -0.39 is 0 Å².